The Kier molecular flexibility index (Phi) is 11.7. The molecule has 0 saturated carbocycles. The molecule has 74 valence electrons. The van der Waals surface area contributed by atoms with Crippen LogP contribution in [-0.2, 0) is 19.7 Å². The minimum absolute atomic E-state index is 0. The molecule has 0 saturated heterocycles. The predicted molar refractivity (Wildman–Crippen MR) is 37.4 cm³/mol. The van der Waals surface area contributed by atoms with E-state index < -0.39 is 33.7 Å². The van der Waals surface area contributed by atoms with Crippen molar-refractivity contribution in [1.29, 1.82) is 0 Å². The third-order valence-corrected chi connectivity index (χ3v) is 2.08. The molecule has 0 radical (unpaired) electrons. The summed E-state index contributed by atoms with van der Waals surface area (Å²) in [6.07, 6.45) is -1.16. The van der Waals surface area contributed by atoms with Crippen molar-refractivity contribution in [1.82, 2.24) is 0 Å². The molecule has 0 amide bonds. The van der Waals surface area contributed by atoms with Gasteiger partial charge in [-0.25, -0.2) is 0 Å². The quantitative estimate of drug-likeness (QED) is 0.332. The molecule has 0 aliphatic heterocycles. The van der Waals surface area contributed by atoms with Crippen LogP contribution in [0.3, 0.4) is 0 Å². The zero-order valence-electron chi connectivity index (χ0n) is 9.67. The first kappa shape index (κ1) is 20.3. The molecule has 0 aromatic rings. The van der Waals surface area contributed by atoms with Crippen LogP contribution in [0.4, 0.5) is 0 Å². The van der Waals surface area contributed by atoms with Gasteiger partial charge in [0.15, 0.2) is 5.25 Å². The van der Waals surface area contributed by atoms with Crippen molar-refractivity contribution >= 4 is 22.1 Å². The maximum absolute atomic E-state index is 10.2. The van der Waals surface area contributed by atoms with Gasteiger partial charge in [0.25, 0.3) is 10.1 Å². The van der Waals surface area contributed by atoms with E-state index in [2.05, 4.69) is 0 Å². The molecule has 0 spiro atoms. The Balaban J connectivity index is -0.000000101. The molecule has 0 bridgehead atoms. The van der Waals surface area contributed by atoms with E-state index in [0.717, 1.165) is 0 Å². The van der Waals surface area contributed by atoms with E-state index in [1.807, 2.05) is 0 Å². The molecule has 3 N–H and O–H groups in total. The molecule has 0 aromatic heterocycles. The third-order valence-electron chi connectivity index (χ3n) is 0.995. The fourth-order valence-corrected chi connectivity index (χ4v) is 1.09. The number of hydrogen-bond acceptors (Lipinski definition) is 4. The van der Waals surface area contributed by atoms with Crippen LogP contribution >= 0.6 is 0 Å². The van der Waals surface area contributed by atoms with E-state index in [-0.39, 0.29) is 62.0 Å². The first-order chi connectivity index (χ1) is 5.25. The predicted octanol–water partition coefficient (Wildman–Crippen LogP) is -6.96. The summed E-state index contributed by atoms with van der Waals surface area (Å²) >= 11 is 0. The van der Waals surface area contributed by atoms with Gasteiger partial charge in [0.2, 0.25) is 0 Å². The van der Waals surface area contributed by atoms with Crippen LogP contribution in [0.5, 0.6) is 0 Å². The van der Waals surface area contributed by atoms with Crippen LogP contribution in [0.1, 0.15) is 9.27 Å². The third kappa shape index (κ3) is 8.18. The number of hydrogen-bond donors (Lipinski definition) is 3. The number of carbonyl (C=O) groups is 2. The minimum atomic E-state index is -4.84. The van der Waals surface area contributed by atoms with Gasteiger partial charge < -0.3 is 13.1 Å². The molecule has 0 fully saturated rings. The van der Waals surface area contributed by atoms with Gasteiger partial charge in [0.1, 0.15) is 0 Å². The van der Waals surface area contributed by atoms with Crippen LogP contribution < -0.4 is 59.1 Å². The van der Waals surface area contributed by atoms with E-state index in [1.54, 1.807) is 0 Å². The second kappa shape index (κ2) is 8.05. The molecule has 0 heterocycles. The molecule has 14 heavy (non-hydrogen) atoms. The maximum atomic E-state index is 10.2. The van der Waals surface area contributed by atoms with Gasteiger partial charge >= 0.3 is 71.1 Å². The summed E-state index contributed by atoms with van der Waals surface area (Å²) in [5, 5.41) is 13.9. The summed E-state index contributed by atoms with van der Waals surface area (Å²) < 4.78 is 28.7. The van der Waals surface area contributed by atoms with Crippen molar-refractivity contribution in [3.8, 4) is 0 Å². The van der Waals surface area contributed by atoms with Crippen LogP contribution in [0.15, 0.2) is 0 Å². The van der Waals surface area contributed by atoms with Crippen LogP contribution in [0.2, 0.25) is 0 Å². The van der Waals surface area contributed by atoms with E-state index >= 15 is 0 Å². The molecule has 0 aliphatic carbocycles. The molecule has 1 unspecified atom stereocenters. The Bertz CT molecular complexity index is 306. The Morgan fingerprint density at radius 3 is 1.64 bits per heavy atom. The molecular formula is C4H8Na2O7S. The van der Waals surface area contributed by atoms with E-state index in [4.69, 9.17) is 14.8 Å². The van der Waals surface area contributed by atoms with Gasteiger partial charge in [-0.1, -0.05) is 0 Å². The van der Waals surface area contributed by atoms with Crippen molar-refractivity contribution in [2.75, 3.05) is 0 Å². The zero-order valence-corrected chi connectivity index (χ0v) is 12.5. The van der Waals surface area contributed by atoms with Gasteiger partial charge in [0.05, 0.1) is 6.42 Å². The van der Waals surface area contributed by atoms with Crippen molar-refractivity contribution in [2.45, 2.75) is 11.7 Å². The summed E-state index contributed by atoms with van der Waals surface area (Å²) in [4.78, 5) is 20.0. The fraction of sp³-hybridized carbons (Fsp3) is 0.500. The average molecular weight is 246 g/mol. The average Bonchev–Trinajstić information content (AvgIpc) is 1.79. The molecule has 7 nitrogen and oxygen atoms in total. The standard InChI is InChI=1S/C4H6O7S.2Na.2H/c5-3(6)1-2(4(7)8)12(9,10)11;;;;/h2H,1H2,(H,5,6)(H,7,8)(H,9,10,11);;;;/q;2*+1;2*-1. The number of rotatable bonds is 4. The number of carboxylic acids is 2. The molecule has 10 heteroatoms. The Morgan fingerprint density at radius 1 is 1.21 bits per heavy atom. The smallest absolute Gasteiger partial charge is 1.00 e. The van der Waals surface area contributed by atoms with Crippen molar-refractivity contribution in [3.05, 3.63) is 0 Å². The van der Waals surface area contributed by atoms with Crippen molar-refractivity contribution < 1.29 is 94.7 Å². The first-order valence-electron chi connectivity index (χ1n) is 2.66. The van der Waals surface area contributed by atoms with Gasteiger partial charge in [-0.2, -0.15) is 8.42 Å². The fourth-order valence-electron chi connectivity index (χ4n) is 0.479. The van der Waals surface area contributed by atoms with Gasteiger partial charge in [0, 0.05) is 0 Å². The topological polar surface area (TPSA) is 129 Å². The molecule has 1 atom stereocenters. The van der Waals surface area contributed by atoms with E-state index in [9.17, 15) is 18.0 Å². The summed E-state index contributed by atoms with van der Waals surface area (Å²) in [6, 6.07) is 0. The molecular weight excluding hydrogens is 238 g/mol. The van der Waals surface area contributed by atoms with Gasteiger partial charge in [-0.15, -0.1) is 0 Å². The van der Waals surface area contributed by atoms with Gasteiger partial charge in [-0.05, 0) is 0 Å². The normalized spacial score (nSPS) is 11.8. The zero-order chi connectivity index (χ0) is 9.94. The molecule has 0 aromatic carbocycles. The Hall–Kier alpha value is 0.850. The van der Waals surface area contributed by atoms with E-state index in [0.29, 0.717) is 0 Å². The summed E-state index contributed by atoms with van der Waals surface area (Å²) in [5.41, 5.74) is 0. The summed E-state index contributed by atoms with van der Waals surface area (Å²) in [6.45, 7) is 0. The van der Waals surface area contributed by atoms with Crippen molar-refractivity contribution in [3.63, 3.8) is 0 Å². The minimum Gasteiger partial charge on any atom is -1.00 e. The largest absolute Gasteiger partial charge is 1.00 e. The molecule has 0 aliphatic rings. The Morgan fingerprint density at radius 2 is 1.57 bits per heavy atom. The SMILES string of the molecule is O=C(O)CC(C(=O)O)S(=O)(=O)O.[H-].[H-].[Na+].[Na+]. The van der Waals surface area contributed by atoms with E-state index in [1.165, 1.54) is 0 Å². The van der Waals surface area contributed by atoms with Crippen molar-refractivity contribution in [2.24, 2.45) is 0 Å². The van der Waals surface area contributed by atoms with Crippen LogP contribution in [0, 0.1) is 0 Å². The summed E-state index contributed by atoms with van der Waals surface area (Å²) in [5.74, 6) is -3.50. The number of aliphatic carboxylic acids is 2. The van der Waals surface area contributed by atoms with Crippen LogP contribution in [-0.4, -0.2) is 40.4 Å². The van der Waals surface area contributed by atoms with Crippen LogP contribution in [0.25, 0.3) is 0 Å². The second-order valence-corrected chi connectivity index (χ2v) is 3.54. The van der Waals surface area contributed by atoms with Gasteiger partial charge in [-0.3, -0.25) is 14.1 Å². The maximum Gasteiger partial charge on any atom is 1.00 e. The monoisotopic (exact) mass is 246 g/mol. The first-order valence-corrected chi connectivity index (χ1v) is 4.16. The second-order valence-electron chi connectivity index (χ2n) is 1.94. The number of carboxylic acid groups (broad SMARTS) is 2. The molecule has 0 rings (SSSR count). The Labute approximate surface area is 127 Å². The summed E-state index contributed by atoms with van der Waals surface area (Å²) in [7, 11) is -4.84.